The standard InChI is InChI=1S/C18H19N3O3/c1-21(15-9-7-12-5-3-4-6-14(12)15)18(23)17(22)20-13-8-10-16(24-2)19-11-13/h3-6,8,10-11,15H,7,9H2,1-2H3,(H,20,22). The number of likely N-dealkylation sites (N-methyl/N-ethyl adjacent to an activating group) is 1. The first-order chi connectivity index (χ1) is 11.6. The number of nitrogens with one attached hydrogen (secondary N) is 1. The summed E-state index contributed by atoms with van der Waals surface area (Å²) in [6, 6.07) is 11.2. The number of anilines is 1. The van der Waals surface area contributed by atoms with Gasteiger partial charge in [-0.15, -0.1) is 0 Å². The maximum atomic E-state index is 12.4. The monoisotopic (exact) mass is 325 g/mol. The highest BCUT2D eigenvalue weighted by Crippen LogP contribution is 2.34. The van der Waals surface area contributed by atoms with Crippen LogP contribution in [0.25, 0.3) is 0 Å². The van der Waals surface area contributed by atoms with Crippen molar-refractivity contribution in [3.63, 3.8) is 0 Å². The second kappa shape index (κ2) is 6.70. The number of aromatic nitrogens is 1. The van der Waals surface area contributed by atoms with Gasteiger partial charge in [0.05, 0.1) is 25.0 Å². The van der Waals surface area contributed by atoms with Gasteiger partial charge in [-0.2, -0.15) is 0 Å². The van der Waals surface area contributed by atoms with E-state index in [-0.39, 0.29) is 6.04 Å². The summed E-state index contributed by atoms with van der Waals surface area (Å²) in [4.78, 5) is 30.2. The van der Waals surface area contributed by atoms with Crippen molar-refractivity contribution >= 4 is 17.5 Å². The van der Waals surface area contributed by atoms with Gasteiger partial charge in [0, 0.05) is 13.1 Å². The zero-order valence-electron chi connectivity index (χ0n) is 13.7. The van der Waals surface area contributed by atoms with E-state index >= 15 is 0 Å². The van der Waals surface area contributed by atoms with Gasteiger partial charge in [-0.1, -0.05) is 24.3 Å². The topological polar surface area (TPSA) is 71.5 Å². The maximum absolute atomic E-state index is 12.4. The van der Waals surface area contributed by atoms with E-state index in [0.717, 1.165) is 18.4 Å². The van der Waals surface area contributed by atoms with Gasteiger partial charge in [-0.3, -0.25) is 9.59 Å². The minimum atomic E-state index is -0.672. The molecule has 24 heavy (non-hydrogen) atoms. The Morgan fingerprint density at radius 3 is 2.75 bits per heavy atom. The Labute approximate surface area is 140 Å². The van der Waals surface area contributed by atoms with Crippen LogP contribution < -0.4 is 10.1 Å². The number of aryl methyl sites for hydroxylation is 1. The lowest BCUT2D eigenvalue weighted by molar-refractivity contribution is -0.143. The van der Waals surface area contributed by atoms with Crippen LogP contribution in [0.5, 0.6) is 5.88 Å². The lowest BCUT2D eigenvalue weighted by atomic mass is 10.1. The summed E-state index contributed by atoms with van der Waals surface area (Å²) in [6.07, 6.45) is 3.20. The first kappa shape index (κ1) is 16.0. The molecular weight excluding hydrogens is 306 g/mol. The summed E-state index contributed by atoms with van der Waals surface area (Å²) in [7, 11) is 3.18. The third-order valence-corrected chi connectivity index (χ3v) is 4.29. The number of carbonyl (C=O) groups excluding carboxylic acids is 2. The number of fused-ring (bicyclic) bond motifs is 1. The molecule has 0 bridgehead atoms. The molecule has 1 aliphatic rings. The van der Waals surface area contributed by atoms with Crippen molar-refractivity contribution in [3.8, 4) is 5.88 Å². The zero-order valence-corrected chi connectivity index (χ0v) is 13.7. The van der Waals surface area contributed by atoms with Crippen molar-refractivity contribution in [2.24, 2.45) is 0 Å². The second-order valence-corrected chi connectivity index (χ2v) is 5.71. The first-order valence-corrected chi connectivity index (χ1v) is 7.76. The number of rotatable bonds is 3. The molecule has 3 rings (SSSR count). The van der Waals surface area contributed by atoms with Gasteiger partial charge in [0.1, 0.15) is 0 Å². The van der Waals surface area contributed by atoms with Gasteiger partial charge in [-0.25, -0.2) is 4.98 Å². The summed E-state index contributed by atoms with van der Waals surface area (Å²) in [6.45, 7) is 0. The first-order valence-electron chi connectivity index (χ1n) is 7.76. The van der Waals surface area contributed by atoms with Crippen LogP contribution in [-0.2, 0) is 16.0 Å². The van der Waals surface area contributed by atoms with Crippen molar-refractivity contribution in [1.29, 1.82) is 0 Å². The molecule has 1 N–H and O–H groups in total. The molecule has 6 nitrogen and oxygen atoms in total. The minimum Gasteiger partial charge on any atom is -0.481 e. The summed E-state index contributed by atoms with van der Waals surface area (Å²) in [5.41, 5.74) is 2.81. The molecule has 0 aliphatic heterocycles. The number of nitrogens with zero attached hydrogens (tertiary/aromatic N) is 2. The summed E-state index contributed by atoms with van der Waals surface area (Å²) >= 11 is 0. The van der Waals surface area contributed by atoms with Gasteiger partial charge < -0.3 is 15.0 Å². The van der Waals surface area contributed by atoms with Crippen LogP contribution in [0.15, 0.2) is 42.6 Å². The molecular formula is C18H19N3O3. The third kappa shape index (κ3) is 3.08. The molecule has 124 valence electrons. The van der Waals surface area contributed by atoms with Crippen LogP contribution in [0.1, 0.15) is 23.6 Å². The van der Waals surface area contributed by atoms with Crippen LogP contribution in [-0.4, -0.2) is 35.9 Å². The van der Waals surface area contributed by atoms with Crippen molar-refractivity contribution < 1.29 is 14.3 Å². The fraction of sp³-hybridized carbons (Fsp3) is 0.278. The highest BCUT2D eigenvalue weighted by molar-refractivity contribution is 6.39. The Balaban J connectivity index is 1.68. The molecule has 0 radical (unpaired) electrons. The van der Waals surface area contributed by atoms with Gasteiger partial charge in [0.25, 0.3) is 0 Å². The summed E-state index contributed by atoms with van der Waals surface area (Å²) in [5, 5.41) is 2.57. The number of hydrogen-bond donors (Lipinski definition) is 1. The maximum Gasteiger partial charge on any atom is 0.313 e. The molecule has 2 amide bonds. The Morgan fingerprint density at radius 1 is 1.25 bits per heavy atom. The van der Waals surface area contributed by atoms with Crippen LogP contribution in [0, 0.1) is 0 Å². The lowest BCUT2D eigenvalue weighted by Gasteiger charge is -2.24. The van der Waals surface area contributed by atoms with Crippen molar-refractivity contribution in [3.05, 3.63) is 53.7 Å². The molecule has 0 fully saturated rings. The van der Waals surface area contributed by atoms with E-state index in [1.54, 1.807) is 19.2 Å². The van der Waals surface area contributed by atoms with Gasteiger partial charge in [0.15, 0.2) is 0 Å². The number of carbonyl (C=O) groups is 2. The minimum absolute atomic E-state index is 0.0616. The van der Waals surface area contributed by atoms with Crippen LogP contribution in [0.2, 0.25) is 0 Å². The summed E-state index contributed by atoms with van der Waals surface area (Å²) in [5.74, 6) is -0.791. The SMILES string of the molecule is COc1ccc(NC(=O)C(=O)N(C)C2CCc3ccccc32)cn1. The Kier molecular flexibility index (Phi) is 4.46. The number of amides is 2. The average molecular weight is 325 g/mol. The molecule has 1 unspecified atom stereocenters. The predicted molar refractivity (Wildman–Crippen MR) is 89.7 cm³/mol. The number of hydrogen-bond acceptors (Lipinski definition) is 4. The predicted octanol–water partition coefficient (Wildman–Crippen LogP) is 2.17. The molecule has 1 heterocycles. The van der Waals surface area contributed by atoms with E-state index in [4.69, 9.17) is 4.74 Å². The van der Waals surface area contributed by atoms with Crippen molar-refractivity contribution in [2.75, 3.05) is 19.5 Å². The number of benzene rings is 1. The average Bonchev–Trinajstić information content (AvgIpc) is 3.05. The van der Waals surface area contributed by atoms with E-state index in [1.165, 1.54) is 23.8 Å². The van der Waals surface area contributed by atoms with E-state index < -0.39 is 11.8 Å². The number of methoxy groups -OCH3 is 1. The second-order valence-electron chi connectivity index (χ2n) is 5.71. The fourth-order valence-corrected chi connectivity index (χ4v) is 3.00. The molecule has 2 aromatic rings. The normalized spacial score (nSPS) is 15.5. The summed E-state index contributed by atoms with van der Waals surface area (Å²) < 4.78 is 4.96. The van der Waals surface area contributed by atoms with Gasteiger partial charge in [0.2, 0.25) is 5.88 Å². The molecule has 0 spiro atoms. The van der Waals surface area contributed by atoms with Crippen molar-refractivity contribution in [2.45, 2.75) is 18.9 Å². The smallest absolute Gasteiger partial charge is 0.313 e. The van der Waals surface area contributed by atoms with E-state index in [2.05, 4.69) is 16.4 Å². The highest BCUT2D eigenvalue weighted by Gasteiger charge is 2.31. The highest BCUT2D eigenvalue weighted by atomic mass is 16.5. The van der Waals surface area contributed by atoms with Crippen LogP contribution in [0.3, 0.4) is 0 Å². The lowest BCUT2D eigenvalue weighted by Crippen LogP contribution is -2.38. The number of pyridine rings is 1. The number of ether oxygens (including phenoxy) is 1. The molecule has 6 heteroatoms. The fourth-order valence-electron chi connectivity index (χ4n) is 3.00. The van der Waals surface area contributed by atoms with Crippen molar-refractivity contribution in [1.82, 2.24) is 9.88 Å². The van der Waals surface area contributed by atoms with Gasteiger partial charge in [-0.05, 0) is 30.0 Å². The Morgan fingerprint density at radius 2 is 2.04 bits per heavy atom. The molecule has 0 saturated heterocycles. The largest absolute Gasteiger partial charge is 0.481 e. The molecule has 1 aromatic carbocycles. The third-order valence-electron chi connectivity index (χ3n) is 4.29. The Bertz CT molecular complexity index is 758. The molecule has 1 aromatic heterocycles. The molecule has 1 aliphatic carbocycles. The quantitative estimate of drug-likeness (QED) is 0.878. The van der Waals surface area contributed by atoms with E-state index in [9.17, 15) is 9.59 Å². The van der Waals surface area contributed by atoms with Gasteiger partial charge >= 0.3 is 11.8 Å². The molecule has 1 atom stereocenters. The van der Waals surface area contributed by atoms with E-state index in [1.807, 2.05) is 18.2 Å². The Hall–Kier alpha value is -2.89. The molecule has 0 saturated carbocycles. The van der Waals surface area contributed by atoms with Crippen LogP contribution >= 0.6 is 0 Å². The van der Waals surface area contributed by atoms with Crippen LogP contribution in [0.4, 0.5) is 5.69 Å². The zero-order chi connectivity index (χ0) is 17.1. The van der Waals surface area contributed by atoms with E-state index in [0.29, 0.717) is 11.6 Å².